The number of rotatable bonds is 1. The fourth-order valence-corrected chi connectivity index (χ4v) is 2.27. The van der Waals surface area contributed by atoms with Crippen molar-refractivity contribution in [3.05, 3.63) is 29.3 Å². The van der Waals surface area contributed by atoms with Gasteiger partial charge in [-0.15, -0.1) is 0 Å². The van der Waals surface area contributed by atoms with E-state index in [1.165, 1.54) is 5.56 Å². The summed E-state index contributed by atoms with van der Waals surface area (Å²) in [7, 11) is 0. The Labute approximate surface area is 97.7 Å². The smallest absolute Gasteiger partial charge is 0.119 e. The van der Waals surface area contributed by atoms with E-state index in [4.69, 9.17) is 0 Å². The molecule has 0 spiro atoms. The maximum atomic E-state index is 9.93. The summed E-state index contributed by atoms with van der Waals surface area (Å²) in [5.74, 6) is 0.920. The second-order valence-electron chi connectivity index (χ2n) is 5.71. The molecule has 1 aliphatic heterocycles. The molecular formula is C14H21NO. The molecule has 1 atom stereocenters. The zero-order chi connectivity index (χ0) is 11.8. The van der Waals surface area contributed by atoms with Gasteiger partial charge in [0.15, 0.2) is 0 Å². The Bertz CT molecular complexity index is 373. The summed E-state index contributed by atoms with van der Waals surface area (Å²) >= 11 is 0. The lowest BCUT2D eigenvalue weighted by Crippen LogP contribution is -2.13. The van der Waals surface area contributed by atoms with Crippen LogP contribution >= 0.6 is 0 Å². The van der Waals surface area contributed by atoms with E-state index in [-0.39, 0.29) is 5.41 Å². The lowest BCUT2D eigenvalue weighted by Gasteiger charge is -2.21. The molecule has 88 valence electrons. The normalized spacial score (nSPS) is 21.3. The van der Waals surface area contributed by atoms with Gasteiger partial charge < -0.3 is 10.4 Å². The third kappa shape index (κ3) is 2.22. The quantitative estimate of drug-likeness (QED) is 0.761. The van der Waals surface area contributed by atoms with Crippen molar-refractivity contribution in [2.75, 3.05) is 13.1 Å². The number of hydrogen-bond donors (Lipinski definition) is 2. The van der Waals surface area contributed by atoms with Crippen molar-refractivity contribution in [1.29, 1.82) is 0 Å². The number of phenols is 1. The Morgan fingerprint density at radius 1 is 1.31 bits per heavy atom. The Morgan fingerprint density at radius 2 is 2.06 bits per heavy atom. The van der Waals surface area contributed by atoms with E-state index >= 15 is 0 Å². The predicted octanol–water partition coefficient (Wildman–Crippen LogP) is 2.77. The third-order valence-electron chi connectivity index (χ3n) is 3.39. The highest BCUT2D eigenvalue weighted by Crippen LogP contribution is 2.34. The van der Waals surface area contributed by atoms with Gasteiger partial charge in [0.2, 0.25) is 0 Å². The van der Waals surface area contributed by atoms with Crippen LogP contribution in [0.4, 0.5) is 0 Å². The minimum atomic E-state index is 0.147. The molecule has 0 radical (unpaired) electrons. The molecule has 0 aromatic heterocycles. The Hall–Kier alpha value is -1.02. The number of hydrogen-bond acceptors (Lipinski definition) is 2. The van der Waals surface area contributed by atoms with Crippen LogP contribution < -0.4 is 5.32 Å². The zero-order valence-corrected chi connectivity index (χ0v) is 10.4. The van der Waals surface area contributed by atoms with Crippen molar-refractivity contribution in [3.63, 3.8) is 0 Å². The fraction of sp³-hybridized carbons (Fsp3) is 0.571. The van der Waals surface area contributed by atoms with Gasteiger partial charge in [0, 0.05) is 12.5 Å². The Kier molecular flexibility index (Phi) is 2.94. The first kappa shape index (κ1) is 11.5. The van der Waals surface area contributed by atoms with E-state index in [1.54, 1.807) is 0 Å². The Balaban J connectivity index is 2.36. The highest BCUT2D eigenvalue weighted by Gasteiger charge is 2.22. The van der Waals surface area contributed by atoms with Crippen LogP contribution in [0.2, 0.25) is 0 Å². The fourth-order valence-electron chi connectivity index (χ4n) is 2.27. The lowest BCUT2D eigenvalue weighted by atomic mass is 9.84. The molecule has 0 saturated carbocycles. The van der Waals surface area contributed by atoms with Crippen LogP contribution in [0.15, 0.2) is 18.2 Å². The molecule has 1 aromatic carbocycles. The molecule has 2 rings (SSSR count). The number of benzene rings is 1. The maximum Gasteiger partial charge on any atom is 0.119 e. The monoisotopic (exact) mass is 219 g/mol. The summed E-state index contributed by atoms with van der Waals surface area (Å²) in [6.45, 7) is 8.66. The van der Waals surface area contributed by atoms with E-state index in [2.05, 4.69) is 32.2 Å². The standard InChI is InChI=1S/C14H21NO/c1-14(2,3)11-4-5-13(16)12(8-11)10-6-7-15-9-10/h4-5,8,10,15-16H,6-7,9H2,1-3H3. The molecular weight excluding hydrogens is 198 g/mol. The van der Waals surface area contributed by atoms with E-state index in [0.29, 0.717) is 11.7 Å². The first-order chi connectivity index (χ1) is 7.48. The van der Waals surface area contributed by atoms with Crippen LogP contribution in [0.1, 0.15) is 44.2 Å². The van der Waals surface area contributed by atoms with Crippen LogP contribution in [0, 0.1) is 0 Å². The molecule has 0 bridgehead atoms. The van der Waals surface area contributed by atoms with Gasteiger partial charge in [0.1, 0.15) is 5.75 Å². The number of phenolic OH excluding ortho intramolecular Hbond substituents is 1. The second kappa shape index (κ2) is 4.10. The molecule has 2 N–H and O–H groups in total. The van der Waals surface area contributed by atoms with E-state index < -0.39 is 0 Å². The van der Waals surface area contributed by atoms with Crippen molar-refractivity contribution in [3.8, 4) is 5.75 Å². The Morgan fingerprint density at radius 3 is 2.62 bits per heavy atom. The zero-order valence-electron chi connectivity index (χ0n) is 10.4. The predicted molar refractivity (Wildman–Crippen MR) is 67.0 cm³/mol. The summed E-state index contributed by atoms with van der Waals surface area (Å²) in [4.78, 5) is 0. The molecule has 2 heteroatoms. The molecule has 1 heterocycles. The lowest BCUT2D eigenvalue weighted by molar-refractivity contribution is 0.461. The molecule has 1 aromatic rings. The van der Waals surface area contributed by atoms with E-state index in [0.717, 1.165) is 25.1 Å². The van der Waals surface area contributed by atoms with Gasteiger partial charge in [-0.1, -0.05) is 32.9 Å². The van der Waals surface area contributed by atoms with Gasteiger partial charge in [0.05, 0.1) is 0 Å². The van der Waals surface area contributed by atoms with E-state index in [9.17, 15) is 5.11 Å². The van der Waals surface area contributed by atoms with Crippen LogP contribution in [-0.2, 0) is 5.41 Å². The highest BCUT2D eigenvalue weighted by atomic mass is 16.3. The summed E-state index contributed by atoms with van der Waals surface area (Å²) < 4.78 is 0. The van der Waals surface area contributed by atoms with Gasteiger partial charge in [0.25, 0.3) is 0 Å². The minimum Gasteiger partial charge on any atom is -0.508 e. The topological polar surface area (TPSA) is 32.3 Å². The van der Waals surface area contributed by atoms with Gasteiger partial charge in [-0.05, 0) is 35.6 Å². The van der Waals surface area contributed by atoms with Gasteiger partial charge in [-0.25, -0.2) is 0 Å². The van der Waals surface area contributed by atoms with Gasteiger partial charge in [-0.2, -0.15) is 0 Å². The summed E-state index contributed by atoms with van der Waals surface area (Å²) in [6, 6.07) is 6.04. The first-order valence-electron chi connectivity index (χ1n) is 6.02. The first-order valence-corrected chi connectivity index (χ1v) is 6.02. The molecule has 1 saturated heterocycles. The average molecular weight is 219 g/mol. The second-order valence-corrected chi connectivity index (χ2v) is 5.71. The van der Waals surface area contributed by atoms with Crippen molar-refractivity contribution in [2.45, 2.75) is 38.5 Å². The van der Waals surface area contributed by atoms with Crippen molar-refractivity contribution < 1.29 is 5.11 Å². The average Bonchev–Trinajstić information content (AvgIpc) is 2.69. The number of nitrogens with one attached hydrogen (secondary N) is 1. The van der Waals surface area contributed by atoms with E-state index in [1.807, 2.05) is 12.1 Å². The molecule has 0 amide bonds. The van der Waals surface area contributed by atoms with Gasteiger partial charge >= 0.3 is 0 Å². The van der Waals surface area contributed by atoms with Crippen LogP contribution in [0.3, 0.4) is 0 Å². The molecule has 0 aliphatic carbocycles. The van der Waals surface area contributed by atoms with Crippen molar-refractivity contribution in [2.24, 2.45) is 0 Å². The molecule has 1 unspecified atom stereocenters. The highest BCUT2D eigenvalue weighted by molar-refractivity contribution is 5.41. The largest absolute Gasteiger partial charge is 0.508 e. The van der Waals surface area contributed by atoms with Crippen LogP contribution in [0.25, 0.3) is 0 Å². The SMILES string of the molecule is CC(C)(C)c1ccc(O)c(C2CCNC2)c1. The number of aromatic hydroxyl groups is 1. The minimum absolute atomic E-state index is 0.147. The van der Waals surface area contributed by atoms with Crippen molar-refractivity contribution >= 4 is 0 Å². The summed E-state index contributed by atoms with van der Waals surface area (Å²) in [5.41, 5.74) is 2.55. The van der Waals surface area contributed by atoms with Crippen molar-refractivity contribution in [1.82, 2.24) is 5.32 Å². The summed E-state index contributed by atoms with van der Waals surface area (Å²) in [5, 5.41) is 13.3. The molecule has 16 heavy (non-hydrogen) atoms. The van der Waals surface area contributed by atoms with Gasteiger partial charge in [-0.3, -0.25) is 0 Å². The molecule has 2 nitrogen and oxygen atoms in total. The van der Waals surface area contributed by atoms with Crippen LogP contribution in [-0.4, -0.2) is 18.2 Å². The molecule has 1 aliphatic rings. The molecule has 1 fully saturated rings. The summed E-state index contributed by atoms with van der Waals surface area (Å²) in [6.07, 6.45) is 1.13. The third-order valence-corrected chi connectivity index (χ3v) is 3.39. The maximum absolute atomic E-state index is 9.93. The van der Waals surface area contributed by atoms with Crippen LogP contribution in [0.5, 0.6) is 5.75 Å².